The topological polar surface area (TPSA) is 78.6 Å². The van der Waals surface area contributed by atoms with Gasteiger partial charge in [0.2, 0.25) is 5.91 Å². The van der Waals surface area contributed by atoms with Gasteiger partial charge >= 0.3 is 0 Å². The minimum absolute atomic E-state index is 0.0492. The Morgan fingerprint density at radius 2 is 1.75 bits per heavy atom. The summed E-state index contributed by atoms with van der Waals surface area (Å²) in [7, 11) is 0. The molecule has 0 aliphatic heterocycles. The van der Waals surface area contributed by atoms with Gasteiger partial charge in [0.15, 0.2) is 0 Å². The lowest BCUT2D eigenvalue weighted by molar-refractivity contribution is -0.116. The van der Waals surface area contributed by atoms with Crippen LogP contribution in [0.25, 0.3) is 0 Å². The van der Waals surface area contributed by atoms with Crippen molar-refractivity contribution in [2.45, 2.75) is 19.5 Å². The second-order valence-electron chi connectivity index (χ2n) is 5.64. The minimum Gasteiger partial charge on any atom is -0.395 e. The van der Waals surface area contributed by atoms with Crippen LogP contribution in [-0.4, -0.2) is 35.6 Å². The van der Waals surface area contributed by atoms with Gasteiger partial charge in [0, 0.05) is 38.3 Å². The first-order valence-corrected chi connectivity index (χ1v) is 8.18. The Kier molecular flexibility index (Phi) is 7.42. The van der Waals surface area contributed by atoms with Crippen molar-refractivity contribution in [1.29, 1.82) is 0 Å². The van der Waals surface area contributed by atoms with E-state index >= 15 is 0 Å². The third kappa shape index (κ3) is 5.77. The Bertz CT molecular complexity index is 632. The first kappa shape index (κ1) is 18.1. The summed E-state index contributed by atoms with van der Waals surface area (Å²) in [5.41, 5.74) is 8.54. The van der Waals surface area contributed by atoms with Crippen molar-refractivity contribution in [2.24, 2.45) is 5.73 Å². The number of aliphatic hydroxyl groups is 1. The Morgan fingerprint density at radius 3 is 2.46 bits per heavy atom. The summed E-state index contributed by atoms with van der Waals surface area (Å²) >= 11 is 0. The van der Waals surface area contributed by atoms with Gasteiger partial charge in [0.05, 0.1) is 6.61 Å². The molecule has 0 saturated heterocycles. The van der Waals surface area contributed by atoms with Crippen molar-refractivity contribution in [3.8, 4) is 0 Å². The monoisotopic (exact) mass is 327 g/mol. The summed E-state index contributed by atoms with van der Waals surface area (Å²) < 4.78 is 0. The van der Waals surface area contributed by atoms with Crippen LogP contribution in [0.5, 0.6) is 0 Å². The van der Waals surface area contributed by atoms with E-state index in [1.807, 2.05) is 54.6 Å². The maximum Gasteiger partial charge on any atom is 0.225 e. The van der Waals surface area contributed by atoms with Crippen LogP contribution in [0.2, 0.25) is 0 Å². The predicted molar refractivity (Wildman–Crippen MR) is 96.4 cm³/mol. The molecule has 2 aromatic rings. The molecule has 1 amide bonds. The first-order valence-electron chi connectivity index (χ1n) is 8.18. The molecule has 0 heterocycles. The van der Waals surface area contributed by atoms with Gasteiger partial charge in [-0.3, -0.25) is 9.69 Å². The lowest BCUT2D eigenvalue weighted by atomic mass is 10.1. The van der Waals surface area contributed by atoms with Gasteiger partial charge in [0.1, 0.15) is 0 Å². The van der Waals surface area contributed by atoms with E-state index in [2.05, 4.69) is 10.2 Å². The average Bonchev–Trinajstić information content (AvgIpc) is 2.61. The van der Waals surface area contributed by atoms with E-state index in [0.717, 1.165) is 11.3 Å². The molecule has 5 nitrogen and oxygen atoms in total. The van der Waals surface area contributed by atoms with Crippen LogP contribution in [0.3, 0.4) is 0 Å². The Labute approximate surface area is 143 Å². The van der Waals surface area contributed by atoms with Crippen LogP contribution >= 0.6 is 0 Å². The highest BCUT2D eigenvalue weighted by Gasteiger charge is 2.10. The first-order chi connectivity index (χ1) is 11.7. The van der Waals surface area contributed by atoms with Crippen molar-refractivity contribution >= 4 is 11.6 Å². The summed E-state index contributed by atoms with van der Waals surface area (Å²) in [6, 6.07) is 17.6. The summed E-state index contributed by atoms with van der Waals surface area (Å²) in [5, 5.41) is 12.1. The van der Waals surface area contributed by atoms with Crippen LogP contribution in [-0.2, 0) is 17.9 Å². The highest BCUT2D eigenvalue weighted by molar-refractivity contribution is 5.91. The molecule has 2 rings (SSSR count). The molecule has 0 atom stereocenters. The standard InChI is InChI=1S/C19H25N3O2/c20-14-17-8-4-5-9-18(17)21-19(24)10-11-22(12-13-23)15-16-6-2-1-3-7-16/h1-9,23H,10-15,20H2,(H,21,24). The number of nitrogens with two attached hydrogens (primary N) is 1. The summed E-state index contributed by atoms with van der Waals surface area (Å²) in [4.78, 5) is 14.3. The zero-order chi connectivity index (χ0) is 17.2. The number of anilines is 1. The number of rotatable bonds is 9. The van der Waals surface area contributed by atoms with E-state index in [0.29, 0.717) is 32.6 Å². The summed E-state index contributed by atoms with van der Waals surface area (Å²) in [6.07, 6.45) is 0.367. The van der Waals surface area contributed by atoms with E-state index in [-0.39, 0.29) is 12.5 Å². The maximum absolute atomic E-state index is 12.2. The maximum atomic E-state index is 12.2. The average molecular weight is 327 g/mol. The Hall–Kier alpha value is -2.21. The van der Waals surface area contributed by atoms with E-state index < -0.39 is 0 Å². The molecule has 0 aromatic heterocycles. The molecule has 0 radical (unpaired) electrons. The highest BCUT2D eigenvalue weighted by Crippen LogP contribution is 2.14. The van der Waals surface area contributed by atoms with E-state index in [9.17, 15) is 9.90 Å². The van der Waals surface area contributed by atoms with Crippen molar-refractivity contribution in [3.05, 3.63) is 65.7 Å². The van der Waals surface area contributed by atoms with Crippen molar-refractivity contribution < 1.29 is 9.90 Å². The van der Waals surface area contributed by atoms with Gasteiger partial charge in [-0.05, 0) is 17.2 Å². The smallest absolute Gasteiger partial charge is 0.225 e. The zero-order valence-electron chi connectivity index (χ0n) is 13.8. The van der Waals surface area contributed by atoms with Gasteiger partial charge in [0.25, 0.3) is 0 Å². The number of nitrogens with one attached hydrogen (secondary N) is 1. The number of para-hydroxylation sites is 1. The summed E-state index contributed by atoms with van der Waals surface area (Å²) in [6.45, 7) is 2.31. The largest absolute Gasteiger partial charge is 0.395 e. The highest BCUT2D eigenvalue weighted by atomic mass is 16.3. The minimum atomic E-state index is -0.0492. The third-order valence-corrected chi connectivity index (χ3v) is 3.83. The van der Waals surface area contributed by atoms with Crippen LogP contribution < -0.4 is 11.1 Å². The summed E-state index contributed by atoms with van der Waals surface area (Å²) in [5.74, 6) is -0.0492. The number of benzene rings is 2. The lowest BCUT2D eigenvalue weighted by Crippen LogP contribution is -2.30. The molecule has 128 valence electrons. The van der Waals surface area contributed by atoms with E-state index in [1.54, 1.807) is 0 Å². The molecule has 24 heavy (non-hydrogen) atoms. The SMILES string of the molecule is NCc1ccccc1NC(=O)CCN(CCO)Cc1ccccc1. The van der Waals surface area contributed by atoms with E-state index in [1.165, 1.54) is 5.56 Å². The van der Waals surface area contributed by atoms with Gasteiger partial charge in [-0.15, -0.1) is 0 Å². The molecule has 0 aliphatic carbocycles. The van der Waals surface area contributed by atoms with Crippen molar-refractivity contribution in [1.82, 2.24) is 4.90 Å². The molecule has 2 aromatic carbocycles. The van der Waals surface area contributed by atoms with Gasteiger partial charge in [-0.25, -0.2) is 0 Å². The zero-order valence-corrected chi connectivity index (χ0v) is 13.8. The Morgan fingerprint density at radius 1 is 1.04 bits per heavy atom. The molecule has 5 heteroatoms. The van der Waals surface area contributed by atoms with Crippen LogP contribution in [0, 0.1) is 0 Å². The molecule has 4 N–H and O–H groups in total. The fraction of sp³-hybridized carbons (Fsp3) is 0.316. The molecule has 0 aliphatic rings. The molecule has 0 unspecified atom stereocenters. The number of hydrogen-bond donors (Lipinski definition) is 3. The number of hydrogen-bond acceptors (Lipinski definition) is 4. The molecule has 0 fully saturated rings. The quantitative estimate of drug-likeness (QED) is 0.658. The number of nitrogens with zero attached hydrogens (tertiary/aromatic N) is 1. The molecular formula is C19H25N3O2. The normalized spacial score (nSPS) is 10.8. The van der Waals surface area contributed by atoms with Crippen LogP contribution in [0.4, 0.5) is 5.69 Å². The fourth-order valence-corrected chi connectivity index (χ4v) is 2.55. The fourth-order valence-electron chi connectivity index (χ4n) is 2.55. The van der Waals surface area contributed by atoms with Crippen molar-refractivity contribution in [3.63, 3.8) is 0 Å². The molecule has 0 spiro atoms. The lowest BCUT2D eigenvalue weighted by Gasteiger charge is -2.21. The van der Waals surface area contributed by atoms with E-state index in [4.69, 9.17) is 5.73 Å². The second kappa shape index (κ2) is 9.82. The predicted octanol–water partition coefficient (Wildman–Crippen LogP) is 1.97. The molecular weight excluding hydrogens is 302 g/mol. The number of amides is 1. The van der Waals surface area contributed by atoms with Gasteiger partial charge in [-0.1, -0.05) is 48.5 Å². The second-order valence-corrected chi connectivity index (χ2v) is 5.64. The number of carbonyl (C=O) groups is 1. The number of carbonyl (C=O) groups excluding carboxylic acids is 1. The number of aliphatic hydroxyl groups excluding tert-OH is 1. The van der Waals surface area contributed by atoms with Gasteiger partial charge < -0.3 is 16.2 Å². The van der Waals surface area contributed by atoms with Crippen LogP contribution in [0.15, 0.2) is 54.6 Å². The third-order valence-electron chi connectivity index (χ3n) is 3.83. The van der Waals surface area contributed by atoms with Crippen LogP contribution in [0.1, 0.15) is 17.5 Å². The van der Waals surface area contributed by atoms with Gasteiger partial charge in [-0.2, -0.15) is 0 Å². The molecule has 0 bridgehead atoms. The van der Waals surface area contributed by atoms with Crippen molar-refractivity contribution in [2.75, 3.05) is 25.0 Å². The molecule has 0 saturated carbocycles. The Balaban J connectivity index is 1.87.